The summed E-state index contributed by atoms with van der Waals surface area (Å²) in [5.74, 6) is -0.972. The van der Waals surface area contributed by atoms with Gasteiger partial charge in [0.25, 0.3) is 17.5 Å². The molecule has 32 heavy (non-hydrogen) atoms. The maximum atomic E-state index is 12.6. The fourth-order valence-electron chi connectivity index (χ4n) is 3.00. The van der Waals surface area contributed by atoms with Crippen LogP contribution in [0.4, 0.5) is 11.4 Å². The van der Waals surface area contributed by atoms with E-state index in [1.165, 1.54) is 24.3 Å². The number of hydrogen-bond donors (Lipinski definition) is 3. The van der Waals surface area contributed by atoms with Crippen molar-refractivity contribution >= 4 is 40.5 Å². The molecule has 0 radical (unpaired) electrons. The highest BCUT2D eigenvalue weighted by molar-refractivity contribution is 7.80. The fraction of sp³-hybridized carbons (Fsp3) is 0.0870. The predicted molar refractivity (Wildman–Crippen MR) is 126 cm³/mol. The first-order chi connectivity index (χ1) is 15.3. The van der Waals surface area contributed by atoms with Gasteiger partial charge in [0.05, 0.1) is 11.0 Å². The van der Waals surface area contributed by atoms with Crippen LogP contribution < -0.4 is 16.0 Å². The van der Waals surface area contributed by atoms with Crippen molar-refractivity contribution in [3.8, 4) is 0 Å². The zero-order chi connectivity index (χ0) is 23.1. The third-order valence-electron chi connectivity index (χ3n) is 4.60. The number of anilines is 1. The summed E-state index contributed by atoms with van der Waals surface area (Å²) in [4.78, 5) is 35.5. The number of carbonyl (C=O) groups is 2. The van der Waals surface area contributed by atoms with Gasteiger partial charge in [-0.25, -0.2) is 0 Å². The summed E-state index contributed by atoms with van der Waals surface area (Å²) in [5.41, 5.74) is 1.45. The lowest BCUT2D eigenvalue weighted by Crippen LogP contribution is -2.34. The van der Waals surface area contributed by atoms with Crippen LogP contribution in [0.5, 0.6) is 0 Å². The third kappa shape index (κ3) is 5.73. The quantitative estimate of drug-likeness (QED) is 0.296. The van der Waals surface area contributed by atoms with Crippen LogP contribution in [0.15, 0.2) is 78.9 Å². The van der Waals surface area contributed by atoms with Gasteiger partial charge in [0.2, 0.25) is 0 Å². The molecule has 1 unspecified atom stereocenters. The van der Waals surface area contributed by atoms with Gasteiger partial charge in [-0.15, -0.1) is 0 Å². The molecule has 2 amide bonds. The SMILES string of the molecule is CC(NC(=O)c1cccc(NC(=S)NC(=O)c2ccccc2[N+](=O)[O-])c1)c1ccccc1. The molecule has 0 aromatic heterocycles. The van der Waals surface area contributed by atoms with Crippen LogP contribution in [0.25, 0.3) is 0 Å². The highest BCUT2D eigenvalue weighted by atomic mass is 32.1. The minimum atomic E-state index is -0.708. The average molecular weight is 449 g/mol. The van der Waals surface area contributed by atoms with Gasteiger partial charge in [0, 0.05) is 17.3 Å². The molecule has 8 nitrogen and oxygen atoms in total. The van der Waals surface area contributed by atoms with Gasteiger partial charge in [-0.1, -0.05) is 48.5 Å². The number of para-hydroxylation sites is 1. The Bertz CT molecular complexity index is 1170. The first kappa shape index (κ1) is 22.6. The van der Waals surface area contributed by atoms with Gasteiger partial charge in [-0.2, -0.15) is 0 Å². The number of carbonyl (C=O) groups excluding carboxylic acids is 2. The van der Waals surface area contributed by atoms with Crippen molar-refractivity contribution in [2.24, 2.45) is 0 Å². The highest BCUT2D eigenvalue weighted by Gasteiger charge is 2.20. The second kappa shape index (κ2) is 10.3. The Morgan fingerprint density at radius 3 is 2.34 bits per heavy atom. The molecule has 0 bridgehead atoms. The lowest BCUT2D eigenvalue weighted by Gasteiger charge is -2.15. The van der Waals surface area contributed by atoms with Crippen molar-refractivity contribution < 1.29 is 14.5 Å². The van der Waals surface area contributed by atoms with E-state index in [2.05, 4.69) is 16.0 Å². The van der Waals surface area contributed by atoms with Gasteiger partial charge in [0.1, 0.15) is 5.56 Å². The molecule has 3 aromatic carbocycles. The van der Waals surface area contributed by atoms with E-state index in [0.717, 1.165) is 5.56 Å². The molecule has 0 aliphatic rings. The Kier molecular flexibility index (Phi) is 7.25. The van der Waals surface area contributed by atoms with Crippen molar-refractivity contribution in [1.82, 2.24) is 10.6 Å². The fourth-order valence-corrected chi connectivity index (χ4v) is 3.21. The number of nitrogens with one attached hydrogen (secondary N) is 3. The summed E-state index contributed by atoms with van der Waals surface area (Å²) in [6, 6.07) is 21.6. The summed E-state index contributed by atoms with van der Waals surface area (Å²) in [6.45, 7) is 1.89. The lowest BCUT2D eigenvalue weighted by atomic mass is 10.1. The summed E-state index contributed by atoms with van der Waals surface area (Å²) >= 11 is 5.15. The van der Waals surface area contributed by atoms with Crippen LogP contribution in [0.1, 0.15) is 39.2 Å². The number of benzene rings is 3. The summed E-state index contributed by atoms with van der Waals surface area (Å²) in [6.07, 6.45) is 0. The van der Waals surface area contributed by atoms with E-state index in [4.69, 9.17) is 12.2 Å². The summed E-state index contributed by atoms with van der Waals surface area (Å²) < 4.78 is 0. The third-order valence-corrected chi connectivity index (χ3v) is 4.81. The summed E-state index contributed by atoms with van der Waals surface area (Å²) in [7, 11) is 0. The molecule has 3 rings (SSSR count). The van der Waals surface area contributed by atoms with Crippen LogP contribution >= 0.6 is 12.2 Å². The van der Waals surface area contributed by atoms with E-state index < -0.39 is 10.8 Å². The monoisotopic (exact) mass is 448 g/mol. The van der Waals surface area contributed by atoms with Gasteiger partial charge >= 0.3 is 0 Å². The average Bonchev–Trinajstić information content (AvgIpc) is 2.79. The number of hydrogen-bond acceptors (Lipinski definition) is 5. The summed E-state index contributed by atoms with van der Waals surface area (Å²) in [5, 5.41) is 19.2. The second-order valence-corrected chi connectivity index (χ2v) is 7.28. The van der Waals surface area contributed by atoms with E-state index in [1.54, 1.807) is 24.3 Å². The molecule has 0 saturated carbocycles. The van der Waals surface area contributed by atoms with Crippen LogP contribution in [-0.2, 0) is 0 Å². The number of thiocarbonyl (C=S) groups is 1. The van der Waals surface area contributed by atoms with Gasteiger partial charge < -0.3 is 10.6 Å². The minimum Gasteiger partial charge on any atom is -0.346 e. The van der Waals surface area contributed by atoms with Crippen LogP contribution in [0, 0.1) is 10.1 Å². The van der Waals surface area contributed by atoms with Gasteiger partial charge in [0.15, 0.2) is 5.11 Å². The van der Waals surface area contributed by atoms with Gasteiger partial charge in [-0.05, 0) is 49.0 Å². The predicted octanol–water partition coefficient (Wildman–Crippen LogP) is 4.21. The number of nitrogens with zero attached hydrogens (tertiary/aromatic N) is 1. The van der Waals surface area contributed by atoms with Crippen LogP contribution in [0.3, 0.4) is 0 Å². The highest BCUT2D eigenvalue weighted by Crippen LogP contribution is 2.18. The van der Waals surface area contributed by atoms with Crippen molar-refractivity contribution in [2.45, 2.75) is 13.0 Å². The molecule has 0 saturated heterocycles. The smallest absolute Gasteiger partial charge is 0.282 e. The molecule has 0 spiro atoms. The molecule has 0 aliphatic carbocycles. The zero-order valence-electron chi connectivity index (χ0n) is 17.1. The molecule has 9 heteroatoms. The molecule has 1 atom stereocenters. The number of rotatable bonds is 6. The maximum absolute atomic E-state index is 12.6. The van der Waals surface area contributed by atoms with Crippen molar-refractivity contribution in [3.05, 3.63) is 106 Å². The maximum Gasteiger partial charge on any atom is 0.282 e. The van der Waals surface area contributed by atoms with Crippen molar-refractivity contribution in [3.63, 3.8) is 0 Å². The molecule has 0 aliphatic heterocycles. The number of nitro groups is 1. The molecular weight excluding hydrogens is 428 g/mol. The Morgan fingerprint density at radius 1 is 0.938 bits per heavy atom. The van der Waals surface area contributed by atoms with Gasteiger partial charge in [-0.3, -0.25) is 25.0 Å². The first-order valence-electron chi connectivity index (χ1n) is 9.67. The van der Waals surface area contributed by atoms with E-state index in [-0.39, 0.29) is 28.3 Å². The Hall–Kier alpha value is -4.11. The molecule has 0 fully saturated rings. The Balaban J connectivity index is 1.64. The topological polar surface area (TPSA) is 113 Å². The standard InChI is InChI=1S/C23H20N4O4S/c1-15(16-8-3-2-4-9-16)24-21(28)17-10-7-11-18(14-17)25-23(32)26-22(29)19-12-5-6-13-20(19)27(30)31/h2-15H,1H3,(H,24,28)(H2,25,26,29,32). The van der Waals surface area contributed by atoms with E-state index in [0.29, 0.717) is 11.3 Å². The molecular formula is C23H20N4O4S. The number of nitro benzene ring substituents is 1. The van der Waals surface area contributed by atoms with Crippen molar-refractivity contribution in [2.75, 3.05) is 5.32 Å². The molecule has 3 aromatic rings. The zero-order valence-corrected chi connectivity index (χ0v) is 17.9. The molecule has 3 N–H and O–H groups in total. The van der Waals surface area contributed by atoms with Crippen molar-refractivity contribution in [1.29, 1.82) is 0 Å². The van der Waals surface area contributed by atoms with E-state index in [9.17, 15) is 19.7 Å². The second-order valence-electron chi connectivity index (χ2n) is 6.87. The van der Waals surface area contributed by atoms with E-state index >= 15 is 0 Å². The van der Waals surface area contributed by atoms with E-state index in [1.807, 2.05) is 37.3 Å². The number of amides is 2. The minimum absolute atomic E-state index is 0.0524. The molecule has 0 heterocycles. The normalized spacial score (nSPS) is 11.2. The first-order valence-corrected chi connectivity index (χ1v) is 10.1. The Morgan fingerprint density at radius 2 is 1.62 bits per heavy atom. The van der Waals surface area contributed by atoms with Crippen LogP contribution in [-0.4, -0.2) is 21.9 Å². The Labute approximate surface area is 189 Å². The lowest BCUT2D eigenvalue weighted by molar-refractivity contribution is -0.385. The largest absolute Gasteiger partial charge is 0.346 e. The molecule has 162 valence electrons. The van der Waals surface area contributed by atoms with Crippen LogP contribution in [0.2, 0.25) is 0 Å².